The van der Waals surface area contributed by atoms with E-state index >= 15 is 0 Å². The summed E-state index contributed by atoms with van der Waals surface area (Å²) < 4.78 is 27.4. The number of hydrogen-bond acceptors (Lipinski definition) is 4. The van der Waals surface area contributed by atoms with Crippen molar-refractivity contribution in [3.8, 4) is 0 Å². The van der Waals surface area contributed by atoms with Gasteiger partial charge < -0.3 is 5.32 Å². The molecular formula is C20H16N2O4S. The fourth-order valence-electron chi connectivity index (χ4n) is 2.41. The van der Waals surface area contributed by atoms with Crippen LogP contribution in [0.3, 0.4) is 0 Å². The summed E-state index contributed by atoms with van der Waals surface area (Å²) in [7, 11) is -3.89. The van der Waals surface area contributed by atoms with Crippen LogP contribution in [-0.4, -0.2) is 20.1 Å². The number of sulfonamides is 1. The first-order chi connectivity index (χ1) is 13.0. The van der Waals surface area contributed by atoms with Gasteiger partial charge in [0.25, 0.3) is 21.7 Å². The molecule has 0 fully saturated rings. The molecule has 3 rings (SSSR count). The highest BCUT2D eigenvalue weighted by atomic mass is 32.2. The zero-order valence-electron chi connectivity index (χ0n) is 14.1. The maximum atomic E-state index is 12.5. The van der Waals surface area contributed by atoms with Gasteiger partial charge in [-0.1, -0.05) is 48.5 Å². The van der Waals surface area contributed by atoms with Gasteiger partial charge in [0.15, 0.2) is 0 Å². The Hall–Kier alpha value is -3.45. The van der Waals surface area contributed by atoms with Crippen molar-refractivity contribution in [1.82, 2.24) is 0 Å². The van der Waals surface area contributed by atoms with Crippen molar-refractivity contribution in [3.63, 3.8) is 0 Å². The predicted molar refractivity (Wildman–Crippen MR) is 103 cm³/mol. The molecule has 0 radical (unpaired) electrons. The van der Waals surface area contributed by atoms with Crippen LogP contribution in [0.4, 0.5) is 11.4 Å². The zero-order chi connectivity index (χ0) is 19.3. The molecule has 0 saturated heterocycles. The molecule has 0 spiro atoms. The normalized spacial score (nSPS) is 10.8. The smallest absolute Gasteiger partial charge is 0.296 e. The molecule has 3 aromatic rings. The molecule has 0 bridgehead atoms. The van der Waals surface area contributed by atoms with Gasteiger partial charge in [0.05, 0.1) is 16.1 Å². The Labute approximate surface area is 156 Å². The van der Waals surface area contributed by atoms with Gasteiger partial charge in [-0.15, -0.1) is 0 Å². The van der Waals surface area contributed by atoms with E-state index in [1.54, 1.807) is 60.7 Å². The maximum absolute atomic E-state index is 12.5. The summed E-state index contributed by atoms with van der Waals surface area (Å²) in [6.45, 7) is 0. The van der Waals surface area contributed by atoms with E-state index in [1.165, 1.54) is 24.3 Å². The number of amides is 1. The van der Waals surface area contributed by atoms with E-state index in [1.807, 2.05) is 0 Å². The van der Waals surface area contributed by atoms with Crippen molar-refractivity contribution in [3.05, 3.63) is 90.5 Å². The van der Waals surface area contributed by atoms with Crippen molar-refractivity contribution in [2.45, 2.75) is 4.90 Å². The minimum atomic E-state index is -3.89. The van der Waals surface area contributed by atoms with Gasteiger partial charge in [-0.3, -0.25) is 14.3 Å². The summed E-state index contributed by atoms with van der Waals surface area (Å²) in [5.41, 5.74) is 0.471. The van der Waals surface area contributed by atoms with E-state index in [0.717, 1.165) is 0 Å². The maximum Gasteiger partial charge on any atom is 0.296 e. The standard InChI is InChI=1S/C20H16N2O4S/c23-19(20(24)21-15-9-3-1-4-10-15)17-13-7-8-14-18(17)22-27(25,26)16-11-5-2-6-12-16/h1-14,22H,(H,21,24). The Morgan fingerprint density at radius 3 is 1.93 bits per heavy atom. The summed E-state index contributed by atoms with van der Waals surface area (Å²) in [6.07, 6.45) is 0. The number of ketones is 1. The van der Waals surface area contributed by atoms with Crippen LogP contribution in [0.2, 0.25) is 0 Å². The lowest BCUT2D eigenvalue weighted by Crippen LogP contribution is -2.24. The number of carbonyl (C=O) groups is 2. The van der Waals surface area contributed by atoms with Crippen LogP contribution < -0.4 is 10.0 Å². The topological polar surface area (TPSA) is 92.3 Å². The molecular weight excluding hydrogens is 364 g/mol. The van der Waals surface area contributed by atoms with Crippen LogP contribution in [0.5, 0.6) is 0 Å². The van der Waals surface area contributed by atoms with Gasteiger partial charge in [-0.05, 0) is 36.4 Å². The number of Topliss-reactive ketones (excluding diaryl/α,β-unsaturated/α-hetero) is 1. The van der Waals surface area contributed by atoms with Crippen LogP contribution in [0.15, 0.2) is 89.8 Å². The first kappa shape index (κ1) is 18.3. The fraction of sp³-hybridized carbons (Fsp3) is 0. The largest absolute Gasteiger partial charge is 0.319 e. The first-order valence-electron chi connectivity index (χ1n) is 8.05. The van der Waals surface area contributed by atoms with E-state index in [-0.39, 0.29) is 16.1 Å². The van der Waals surface area contributed by atoms with Crippen LogP contribution in [0, 0.1) is 0 Å². The number of rotatable bonds is 6. The summed E-state index contributed by atoms with van der Waals surface area (Å²) in [5, 5.41) is 2.50. The number of anilines is 2. The second kappa shape index (κ2) is 7.84. The molecule has 27 heavy (non-hydrogen) atoms. The SMILES string of the molecule is O=C(Nc1ccccc1)C(=O)c1ccccc1NS(=O)(=O)c1ccccc1. The van der Waals surface area contributed by atoms with Crippen LogP contribution in [-0.2, 0) is 14.8 Å². The first-order valence-corrected chi connectivity index (χ1v) is 9.53. The number of benzene rings is 3. The van der Waals surface area contributed by atoms with Gasteiger partial charge in [0, 0.05) is 5.69 Å². The van der Waals surface area contributed by atoms with Crippen molar-refractivity contribution in [2.75, 3.05) is 10.0 Å². The summed E-state index contributed by atoms with van der Waals surface area (Å²) >= 11 is 0. The third-order valence-electron chi connectivity index (χ3n) is 3.71. The molecule has 0 aromatic heterocycles. The average molecular weight is 380 g/mol. The van der Waals surface area contributed by atoms with Gasteiger partial charge in [0.1, 0.15) is 0 Å². The molecule has 0 unspecified atom stereocenters. The van der Waals surface area contributed by atoms with Crippen molar-refractivity contribution < 1.29 is 18.0 Å². The van der Waals surface area contributed by atoms with Crippen molar-refractivity contribution >= 4 is 33.1 Å². The second-order valence-electron chi connectivity index (χ2n) is 5.61. The minimum absolute atomic E-state index is 0.0366. The van der Waals surface area contributed by atoms with E-state index in [9.17, 15) is 18.0 Å². The lowest BCUT2D eigenvalue weighted by atomic mass is 10.1. The molecule has 0 aliphatic carbocycles. The van der Waals surface area contributed by atoms with E-state index < -0.39 is 21.7 Å². The van der Waals surface area contributed by atoms with Gasteiger partial charge in [-0.25, -0.2) is 8.42 Å². The van der Waals surface area contributed by atoms with Crippen molar-refractivity contribution in [2.24, 2.45) is 0 Å². The predicted octanol–water partition coefficient (Wildman–Crippen LogP) is 3.31. The number of carbonyl (C=O) groups excluding carboxylic acids is 2. The molecule has 1 amide bonds. The molecule has 2 N–H and O–H groups in total. The monoisotopic (exact) mass is 380 g/mol. The van der Waals surface area contributed by atoms with Crippen molar-refractivity contribution in [1.29, 1.82) is 0 Å². The summed E-state index contributed by atoms with van der Waals surface area (Å²) in [4.78, 5) is 24.9. The molecule has 7 heteroatoms. The quantitative estimate of drug-likeness (QED) is 0.507. The highest BCUT2D eigenvalue weighted by molar-refractivity contribution is 7.92. The van der Waals surface area contributed by atoms with Gasteiger partial charge in [0.2, 0.25) is 0 Å². The number of para-hydroxylation sites is 2. The molecule has 0 aliphatic rings. The molecule has 0 atom stereocenters. The minimum Gasteiger partial charge on any atom is -0.319 e. The zero-order valence-corrected chi connectivity index (χ0v) is 14.9. The summed E-state index contributed by atoms with van der Waals surface area (Å²) in [5.74, 6) is -1.70. The lowest BCUT2D eigenvalue weighted by Gasteiger charge is -2.12. The van der Waals surface area contributed by atoms with E-state index in [4.69, 9.17) is 0 Å². The Bertz CT molecular complexity index is 1070. The van der Waals surface area contributed by atoms with E-state index in [2.05, 4.69) is 10.0 Å². The van der Waals surface area contributed by atoms with Crippen LogP contribution in [0.1, 0.15) is 10.4 Å². The van der Waals surface area contributed by atoms with Gasteiger partial charge >= 0.3 is 0 Å². The lowest BCUT2D eigenvalue weighted by molar-refractivity contribution is -0.112. The molecule has 0 saturated carbocycles. The Morgan fingerprint density at radius 2 is 1.26 bits per heavy atom. The third kappa shape index (κ3) is 4.39. The molecule has 136 valence electrons. The highest BCUT2D eigenvalue weighted by Gasteiger charge is 2.22. The Morgan fingerprint density at radius 1 is 0.704 bits per heavy atom. The molecule has 3 aromatic carbocycles. The molecule has 0 heterocycles. The second-order valence-corrected chi connectivity index (χ2v) is 7.30. The van der Waals surface area contributed by atoms with Gasteiger partial charge in [-0.2, -0.15) is 0 Å². The number of nitrogens with one attached hydrogen (secondary N) is 2. The molecule has 6 nitrogen and oxygen atoms in total. The highest BCUT2D eigenvalue weighted by Crippen LogP contribution is 2.21. The average Bonchev–Trinajstić information content (AvgIpc) is 2.69. The summed E-state index contributed by atoms with van der Waals surface area (Å²) in [6, 6.07) is 22.3. The Kier molecular flexibility index (Phi) is 5.33. The number of hydrogen-bond donors (Lipinski definition) is 2. The molecule has 0 aliphatic heterocycles. The fourth-order valence-corrected chi connectivity index (χ4v) is 3.51. The van der Waals surface area contributed by atoms with Crippen LogP contribution in [0.25, 0.3) is 0 Å². The Balaban J connectivity index is 1.85. The third-order valence-corrected chi connectivity index (χ3v) is 5.09. The van der Waals surface area contributed by atoms with Crippen LogP contribution >= 0.6 is 0 Å². The van der Waals surface area contributed by atoms with E-state index in [0.29, 0.717) is 5.69 Å².